The predicted molar refractivity (Wildman–Crippen MR) is 208 cm³/mol. The van der Waals surface area contributed by atoms with E-state index in [0.717, 1.165) is 44.9 Å². The van der Waals surface area contributed by atoms with E-state index in [0.29, 0.717) is 18.4 Å². The number of amides is 4. The fourth-order valence-corrected chi connectivity index (χ4v) is 8.78. The van der Waals surface area contributed by atoms with Gasteiger partial charge in [0.15, 0.2) is 11.6 Å². The molecule has 56 heavy (non-hydrogen) atoms. The van der Waals surface area contributed by atoms with Crippen LogP contribution in [0.1, 0.15) is 123 Å². The number of likely N-dealkylation sites (tertiary alicyclic amines) is 1. The summed E-state index contributed by atoms with van der Waals surface area (Å²) in [6.07, 6.45) is 5.15. The van der Waals surface area contributed by atoms with Crippen molar-refractivity contribution in [2.24, 2.45) is 23.7 Å². The van der Waals surface area contributed by atoms with Gasteiger partial charge >= 0.3 is 6.09 Å². The van der Waals surface area contributed by atoms with Crippen LogP contribution in [0.3, 0.4) is 0 Å². The number of nitrogens with one attached hydrogen (secondary N) is 2. The van der Waals surface area contributed by atoms with Gasteiger partial charge in [0.25, 0.3) is 0 Å². The van der Waals surface area contributed by atoms with Crippen LogP contribution in [0.4, 0.5) is 4.79 Å². The molecule has 2 N–H and O–H groups in total. The Morgan fingerprint density at radius 3 is 2.20 bits per heavy atom. The largest absolute Gasteiger partial charge is 0.444 e. The fraction of sp³-hybridized carbons (Fsp3) is 0.698. The number of benzene rings is 1. The van der Waals surface area contributed by atoms with Gasteiger partial charge in [0.1, 0.15) is 17.7 Å². The Morgan fingerprint density at radius 1 is 0.929 bits per heavy atom. The monoisotopic (exact) mass is 778 g/mol. The summed E-state index contributed by atoms with van der Waals surface area (Å²) in [4.78, 5) is 98.5. The van der Waals surface area contributed by atoms with E-state index in [1.807, 2.05) is 13.8 Å². The normalized spacial score (nSPS) is 23.6. The first kappa shape index (κ1) is 43.0. The van der Waals surface area contributed by atoms with E-state index in [9.17, 15) is 33.6 Å². The third kappa shape index (κ3) is 11.3. The molecule has 4 fully saturated rings. The van der Waals surface area contributed by atoms with Gasteiger partial charge in [-0.1, -0.05) is 62.4 Å². The average molecular weight is 779 g/mol. The van der Waals surface area contributed by atoms with E-state index < -0.39 is 64.9 Å². The van der Waals surface area contributed by atoms with E-state index in [2.05, 4.69) is 10.6 Å². The highest BCUT2D eigenvalue weighted by Gasteiger charge is 2.56. The Balaban J connectivity index is 1.31. The second kappa shape index (κ2) is 18.0. The number of carbonyl (C=O) groups is 7. The Morgan fingerprint density at radius 2 is 1.59 bits per heavy atom. The molecule has 2 saturated carbocycles. The van der Waals surface area contributed by atoms with Gasteiger partial charge in [0, 0.05) is 51.7 Å². The van der Waals surface area contributed by atoms with Crippen molar-refractivity contribution in [2.75, 3.05) is 20.6 Å². The number of likely N-dealkylation sites (N-methyl/N-ethyl adjacent to an activating group) is 1. The van der Waals surface area contributed by atoms with Crippen LogP contribution >= 0.6 is 0 Å². The molecular weight excluding hydrogens is 716 g/mol. The van der Waals surface area contributed by atoms with Crippen LogP contribution in [-0.2, 0) is 38.2 Å². The molecule has 4 aliphatic rings. The molecule has 6 atom stereocenters. The second-order valence-corrected chi connectivity index (χ2v) is 18.2. The summed E-state index contributed by atoms with van der Waals surface area (Å²) in [7, 11) is 3.18. The number of hydrogen-bond donors (Lipinski definition) is 2. The molecule has 13 heteroatoms. The number of hydrogen-bond acceptors (Lipinski definition) is 9. The number of ketones is 3. The van der Waals surface area contributed by atoms with E-state index >= 15 is 0 Å². The van der Waals surface area contributed by atoms with Crippen molar-refractivity contribution in [3.63, 3.8) is 0 Å². The minimum atomic E-state index is -0.952. The number of nitrogens with zero attached hydrogens (tertiary/aromatic N) is 2. The molecular formula is C43H62N4O9. The molecule has 2 heterocycles. The molecule has 2 saturated heterocycles. The molecule has 0 bridgehead atoms. The molecule has 1 unspecified atom stereocenters. The number of alkyl carbamates (subject to hydrolysis) is 1. The van der Waals surface area contributed by atoms with Gasteiger partial charge in [-0.2, -0.15) is 0 Å². The lowest BCUT2D eigenvalue weighted by molar-refractivity contribution is -0.144. The highest BCUT2D eigenvalue weighted by molar-refractivity contribution is 6.38. The molecule has 4 amide bonds. The minimum Gasteiger partial charge on any atom is -0.444 e. The molecule has 13 nitrogen and oxygen atoms in total. The number of fused-ring (bicyclic) bond motifs is 1. The third-order valence-corrected chi connectivity index (χ3v) is 11.6. The number of rotatable bonds is 16. The van der Waals surface area contributed by atoms with E-state index in [1.54, 1.807) is 70.1 Å². The molecule has 1 aromatic carbocycles. The quantitative estimate of drug-likeness (QED) is 0.217. The van der Waals surface area contributed by atoms with Crippen molar-refractivity contribution >= 4 is 41.2 Å². The topological polar surface area (TPSA) is 168 Å². The lowest BCUT2D eigenvalue weighted by Crippen LogP contribution is -2.56. The zero-order chi connectivity index (χ0) is 40.9. The molecule has 0 spiro atoms. The summed E-state index contributed by atoms with van der Waals surface area (Å²) in [6, 6.07) is 6.06. The Bertz CT molecular complexity index is 1630. The van der Waals surface area contributed by atoms with Gasteiger partial charge in [0.2, 0.25) is 23.5 Å². The average Bonchev–Trinajstić information content (AvgIpc) is 3.82. The van der Waals surface area contributed by atoms with Crippen LogP contribution in [0.5, 0.6) is 0 Å². The summed E-state index contributed by atoms with van der Waals surface area (Å²) >= 11 is 0. The summed E-state index contributed by atoms with van der Waals surface area (Å²) in [5, 5.41) is 5.59. The van der Waals surface area contributed by atoms with Gasteiger partial charge in [-0.15, -0.1) is 0 Å². The zero-order valence-corrected chi connectivity index (χ0v) is 34.3. The SMILES string of the molecule is CN(C)C(=O)[C@@H](NC(=O)CCC(=O)C(=O)C(CC(=O)[C@@H]1[C@H]2CC(C)(C)O[C@H]2CN1C(=O)[C@@H](NC(=O)OC(C)(C)C)C1CCCCC1)CC1CC1)c1ccccc1. The molecule has 1 aromatic rings. The fourth-order valence-electron chi connectivity index (χ4n) is 8.78. The Hall–Kier alpha value is -4.13. The molecule has 308 valence electrons. The van der Waals surface area contributed by atoms with Crippen molar-refractivity contribution in [3.05, 3.63) is 35.9 Å². The lowest BCUT2D eigenvalue weighted by atomic mass is 9.81. The van der Waals surface area contributed by atoms with Crippen LogP contribution in [0.15, 0.2) is 30.3 Å². The first-order chi connectivity index (χ1) is 26.3. The third-order valence-electron chi connectivity index (χ3n) is 11.6. The predicted octanol–water partition coefficient (Wildman–Crippen LogP) is 5.09. The molecule has 5 rings (SSSR count). The van der Waals surface area contributed by atoms with Crippen molar-refractivity contribution in [3.8, 4) is 0 Å². The maximum Gasteiger partial charge on any atom is 0.408 e. The van der Waals surface area contributed by atoms with E-state index in [4.69, 9.17) is 9.47 Å². The minimum absolute atomic E-state index is 0.125. The van der Waals surface area contributed by atoms with Gasteiger partial charge in [-0.05, 0) is 77.7 Å². The molecule has 0 radical (unpaired) electrons. The van der Waals surface area contributed by atoms with Crippen molar-refractivity contribution in [2.45, 2.75) is 147 Å². The zero-order valence-electron chi connectivity index (χ0n) is 34.3. The van der Waals surface area contributed by atoms with Gasteiger partial charge in [0.05, 0.1) is 17.7 Å². The van der Waals surface area contributed by atoms with Crippen molar-refractivity contribution < 1.29 is 43.0 Å². The number of ether oxygens (including phenoxy) is 2. The van der Waals surface area contributed by atoms with Gasteiger partial charge < -0.3 is 29.9 Å². The molecule has 0 aromatic heterocycles. The van der Waals surface area contributed by atoms with Crippen LogP contribution in [0.25, 0.3) is 0 Å². The van der Waals surface area contributed by atoms with E-state index in [-0.39, 0.29) is 61.2 Å². The van der Waals surface area contributed by atoms with Crippen LogP contribution in [0.2, 0.25) is 0 Å². The maximum atomic E-state index is 14.6. The standard InChI is InChI=1S/C43H62N4O9/c1-42(2,3)56-41(54)45-36(28-16-12-9-13-17-28)40(53)47-25-33-30(24-43(4,5)55-33)37(47)32(49)23-29(22-26-18-19-26)38(51)31(48)20-21-34(50)44-35(39(52)46(6)7)27-14-10-8-11-15-27/h8,10-11,14-15,26,28-30,33,35-37H,9,12-13,16-25H2,1-7H3,(H,44,50)(H,45,54)/t29?,30-,33-,35-,36-,37-/m0/s1. The van der Waals surface area contributed by atoms with Gasteiger partial charge in [-0.3, -0.25) is 28.8 Å². The Kier molecular flexibility index (Phi) is 13.8. The van der Waals surface area contributed by atoms with Gasteiger partial charge in [-0.25, -0.2) is 4.79 Å². The van der Waals surface area contributed by atoms with Crippen LogP contribution in [-0.4, -0.2) is 101 Å². The highest BCUT2D eigenvalue weighted by atomic mass is 16.6. The first-order valence-electron chi connectivity index (χ1n) is 20.5. The lowest BCUT2D eigenvalue weighted by Gasteiger charge is -2.36. The first-order valence-corrected chi connectivity index (χ1v) is 20.5. The summed E-state index contributed by atoms with van der Waals surface area (Å²) in [5.74, 6) is -4.08. The summed E-state index contributed by atoms with van der Waals surface area (Å²) in [5.41, 5.74) is -0.697. The highest BCUT2D eigenvalue weighted by Crippen LogP contribution is 2.45. The summed E-state index contributed by atoms with van der Waals surface area (Å²) in [6.45, 7) is 9.37. The molecule has 2 aliphatic carbocycles. The van der Waals surface area contributed by atoms with Crippen LogP contribution < -0.4 is 10.6 Å². The smallest absolute Gasteiger partial charge is 0.408 e. The summed E-state index contributed by atoms with van der Waals surface area (Å²) < 4.78 is 11.9. The maximum absolute atomic E-state index is 14.6. The van der Waals surface area contributed by atoms with Crippen LogP contribution in [0, 0.1) is 23.7 Å². The van der Waals surface area contributed by atoms with Crippen molar-refractivity contribution in [1.29, 1.82) is 0 Å². The Labute approximate surface area is 331 Å². The number of carbonyl (C=O) groups excluding carboxylic acids is 7. The number of Topliss-reactive ketones (excluding diaryl/α,β-unsaturated/α-hetero) is 3. The molecule has 2 aliphatic heterocycles. The van der Waals surface area contributed by atoms with Crippen molar-refractivity contribution in [1.82, 2.24) is 20.4 Å². The second-order valence-electron chi connectivity index (χ2n) is 18.2. The van der Waals surface area contributed by atoms with E-state index in [1.165, 1.54) is 4.90 Å².